The second kappa shape index (κ2) is 5.98. The van der Waals surface area contributed by atoms with Crippen molar-refractivity contribution in [3.63, 3.8) is 0 Å². The second-order valence-electron chi connectivity index (χ2n) is 5.26. The van der Waals surface area contributed by atoms with E-state index in [0.717, 1.165) is 5.56 Å². The number of carbonyl (C=O) groups is 1. The van der Waals surface area contributed by atoms with Gasteiger partial charge in [0.05, 0.1) is 11.5 Å². The smallest absolute Gasteiger partial charge is 0.224 e. The highest BCUT2D eigenvalue weighted by Crippen LogP contribution is 2.19. The molecule has 4 heteroatoms. The summed E-state index contributed by atoms with van der Waals surface area (Å²) in [4.78, 5) is 11.9. The topological polar surface area (TPSA) is 75.3 Å². The monoisotopic (exact) mass is 250 g/mol. The Labute approximate surface area is 108 Å². The largest absolute Gasteiger partial charge is 0.389 e. The van der Waals surface area contributed by atoms with Crippen LogP contribution in [0.4, 0.5) is 0 Å². The molecule has 0 aliphatic carbocycles. The summed E-state index contributed by atoms with van der Waals surface area (Å²) in [7, 11) is 0. The van der Waals surface area contributed by atoms with Crippen molar-refractivity contribution in [2.24, 2.45) is 11.7 Å². The molecule has 0 fully saturated rings. The summed E-state index contributed by atoms with van der Waals surface area (Å²) in [6.07, 6.45) is 0. The molecule has 0 bridgehead atoms. The standard InChI is InChI=1S/C14H22N2O2/c1-10(13(17)16-9-14(2,3)18)12(15)11-7-5-4-6-8-11/h4-8,10,12,18H,9,15H2,1-3H3,(H,16,17). The van der Waals surface area contributed by atoms with Crippen molar-refractivity contribution < 1.29 is 9.90 Å². The van der Waals surface area contributed by atoms with E-state index in [1.165, 1.54) is 0 Å². The predicted octanol–water partition coefficient (Wildman–Crippen LogP) is 1.21. The van der Waals surface area contributed by atoms with Gasteiger partial charge in [0.15, 0.2) is 0 Å². The van der Waals surface area contributed by atoms with Crippen LogP contribution in [-0.2, 0) is 4.79 Å². The van der Waals surface area contributed by atoms with Crippen molar-refractivity contribution in [3.8, 4) is 0 Å². The minimum Gasteiger partial charge on any atom is -0.389 e. The normalized spacial score (nSPS) is 14.9. The molecule has 1 rings (SSSR count). The molecule has 0 aromatic heterocycles. The van der Waals surface area contributed by atoms with Crippen molar-refractivity contribution in [1.82, 2.24) is 5.32 Å². The predicted molar refractivity (Wildman–Crippen MR) is 71.8 cm³/mol. The molecule has 1 aromatic rings. The number of nitrogens with one attached hydrogen (secondary N) is 1. The Bertz CT molecular complexity index is 385. The van der Waals surface area contributed by atoms with E-state index in [0.29, 0.717) is 0 Å². The van der Waals surface area contributed by atoms with E-state index in [2.05, 4.69) is 5.32 Å². The quantitative estimate of drug-likeness (QED) is 0.735. The van der Waals surface area contributed by atoms with Crippen LogP contribution in [0.15, 0.2) is 30.3 Å². The molecule has 0 aliphatic heterocycles. The number of hydrogen-bond donors (Lipinski definition) is 3. The highest BCUT2D eigenvalue weighted by molar-refractivity contribution is 5.79. The molecule has 0 radical (unpaired) electrons. The molecule has 0 heterocycles. The van der Waals surface area contributed by atoms with E-state index in [-0.39, 0.29) is 24.4 Å². The third-order valence-corrected chi connectivity index (χ3v) is 2.83. The highest BCUT2D eigenvalue weighted by Gasteiger charge is 2.23. The van der Waals surface area contributed by atoms with Crippen molar-refractivity contribution in [3.05, 3.63) is 35.9 Å². The van der Waals surface area contributed by atoms with Crippen LogP contribution in [0, 0.1) is 5.92 Å². The fourth-order valence-corrected chi connectivity index (χ4v) is 1.59. The van der Waals surface area contributed by atoms with Gasteiger partial charge < -0.3 is 16.2 Å². The first-order valence-electron chi connectivity index (χ1n) is 6.12. The van der Waals surface area contributed by atoms with Crippen molar-refractivity contribution in [1.29, 1.82) is 0 Å². The Kier molecular flexibility index (Phi) is 4.87. The molecule has 4 nitrogen and oxygen atoms in total. The second-order valence-corrected chi connectivity index (χ2v) is 5.26. The zero-order valence-electron chi connectivity index (χ0n) is 11.2. The van der Waals surface area contributed by atoms with Crippen LogP contribution >= 0.6 is 0 Å². The molecule has 2 unspecified atom stereocenters. The fourth-order valence-electron chi connectivity index (χ4n) is 1.59. The zero-order chi connectivity index (χ0) is 13.8. The average Bonchev–Trinajstić information content (AvgIpc) is 2.34. The van der Waals surface area contributed by atoms with Gasteiger partial charge in [-0.25, -0.2) is 0 Å². The summed E-state index contributed by atoms with van der Waals surface area (Å²) in [6.45, 7) is 5.30. The van der Waals surface area contributed by atoms with Crippen LogP contribution in [0.1, 0.15) is 32.4 Å². The lowest BCUT2D eigenvalue weighted by atomic mass is 9.94. The minimum absolute atomic E-state index is 0.145. The number of carbonyl (C=O) groups excluding carboxylic acids is 1. The molecule has 0 saturated carbocycles. The van der Waals surface area contributed by atoms with Gasteiger partial charge in [0.25, 0.3) is 0 Å². The molecule has 18 heavy (non-hydrogen) atoms. The number of nitrogens with two attached hydrogens (primary N) is 1. The Morgan fingerprint density at radius 1 is 1.39 bits per heavy atom. The van der Waals surface area contributed by atoms with Crippen LogP contribution < -0.4 is 11.1 Å². The Balaban J connectivity index is 2.59. The number of rotatable bonds is 5. The van der Waals surface area contributed by atoms with Crippen LogP contribution in [-0.4, -0.2) is 23.2 Å². The van der Waals surface area contributed by atoms with E-state index >= 15 is 0 Å². The minimum atomic E-state index is -0.910. The summed E-state index contributed by atoms with van der Waals surface area (Å²) >= 11 is 0. The van der Waals surface area contributed by atoms with Gasteiger partial charge in [-0.05, 0) is 19.4 Å². The lowest BCUT2D eigenvalue weighted by Gasteiger charge is -2.23. The number of hydrogen-bond acceptors (Lipinski definition) is 3. The van der Waals surface area contributed by atoms with E-state index in [9.17, 15) is 9.90 Å². The van der Waals surface area contributed by atoms with E-state index in [1.807, 2.05) is 30.3 Å². The number of amides is 1. The van der Waals surface area contributed by atoms with E-state index in [1.54, 1.807) is 20.8 Å². The summed E-state index contributed by atoms with van der Waals surface area (Å²) in [6, 6.07) is 9.19. The van der Waals surface area contributed by atoms with Gasteiger partial charge in [-0.15, -0.1) is 0 Å². The summed E-state index contributed by atoms with van der Waals surface area (Å²) in [5, 5.41) is 12.3. The maximum atomic E-state index is 11.9. The molecule has 0 spiro atoms. The number of aliphatic hydroxyl groups is 1. The first-order valence-corrected chi connectivity index (χ1v) is 6.12. The van der Waals surface area contributed by atoms with Gasteiger partial charge in [-0.2, -0.15) is 0 Å². The molecular formula is C14H22N2O2. The molecule has 2 atom stereocenters. The van der Waals surface area contributed by atoms with Gasteiger partial charge in [-0.1, -0.05) is 37.3 Å². The molecule has 0 aliphatic rings. The average molecular weight is 250 g/mol. The summed E-state index contributed by atoms with van der Waals surface area (Å²) in [5.41, 5.74) is 6.08. The zero-order valence-corrected chi connectivity index (χ0v) is 11.2. The lowest BCUT2D eigenvalue weighted by Crippen LogP contribution is -2.42. The molecule has 100 valence electrons. The van der Waals surface area contributed by atoms with E-state index in [4.69, 9.17) is 5.73 Å². The first kappa shape index (κ1) is 14.7. The SMILES string of the molecule is CC(C(=O)NCC(C)(C)O)C(N)c1ccccc1. The molecule has 0 saturated heterocycles. The third kappa shape index (κ3) is 4.47. The Morgan fingerprint density at radius 2 is 1.94 bits per heavy atom. The molecular weight excluding hydrogens is 228 g/mol. The highest BCUT2D eigenvalue weighted by atomic mass is 16.3. The Morgan fingerprint density at radius 3 is 2.44 bits per heavy atom. The summed E-state index contributed by atoms with van der Waals surface area (Å²) in [5.74, 6) is -0.483. The van der Waals surface area contributed by atoms with Crippen molar-refractivity contribution >= 4 is 5.91 Å². The van der Waals surface area contributed by atoms with Crippen LogP contribution in [0.5, 0.6) is 0 Å². The van der Waals surface area contributed by atoms with Crippen molar-refractivity contribution in [2.45, 2.75) is 32.4 Å². The van der Waals surface area contributed by atoms with Gasteiger partial charge in [0.1, 0.15) is 0 Å². The van der Waals surface area contributed by atoms with Crippen LogP contribution in [0.2, 0.25) is 0 Å². The molecule has 1 aromatic carbocycles. The molecule has 4 N–H and O–H groups in total. The number of benzene rings is 1. The third-order valence-electron chi connectivity index (χ3n) is 2.83. The van der Waals surface area contributed by atoms with Gasteiger partial charge in [-0.3, -0.25) is 4.79 Å². The maximum Gasteiger partial charge on any atom is 0.224 e. The van der Waals surface area contributed by atoms with Crippen molar-refractivity contribution in [2.75, 3.05) is 6.54 Å². The van der Waals surface area contributed by atoms with Gasteiger partial charge in [0.2, 0.25) is 5.91 Å². The van der Waals surface area contributed by atoms with Crippen LogP contribution in [0.3, 0.4) is 0 Å². The van der Waals surface area contributed by atoms with Gasteiger partial charge in [0, 0.05) is 12.6 Å². The molecule has 1 amide bonds. The fraction of sp³-hybridized carbons (Fsp3) is 0.500. The van der Waals surface area contributed by atoms with Gasteiger partial charge >= 0.3 is 0 Å². The Hall–Kier alpha value is -1.39. The van der Waals surface area contributed by atoms with E-state index < -0.39 is 5.60 Å². The maximum absolute atomic E-state index is 11.9. The summed E-state index contributed by atoms with van der Waals surface area (Å²) < 4.78 is 0. The lowest BCUT2D eigenvalue weighted by molar-refractivity contribution is -0.126. The van der Waals surface area contributed by atoms with Crippen LogP contribution in [0.25, 0.3) is 0 Å². The first-order chi connectivity index (χ1) is 8.31.